The molecular formula is C18H33AcN2O4-. The van der Waals surface area contributed by atoms with Crippen LogP contribution >= 0.6 is 0 Å². The van der Waals surface area contributed by atoms with Gasteiger partial charge in [0.05, 0.1) is 18.2 Å². The Hall–Kier alpha value is 0.652. The summed E-state index contributed by atoms with van der Waals surface area (Å²) < 4.78 is 11.1. The Bertz CT molecular complexity index is 437. The second-order valence-electron chi connectivity index (χ2n) is 6.66. The normalized spacial score (nSPS) is 28.7. The summed E-state index contributed by atoms with van der Waals surface area (Å²) in [5, 5.41) is 10.7. The average Bonchev–Trinajstić information content (AvgIpc) is 2.88. The number of ether oxygens (including phenoxy) is 2. The molecule has 1 radical (unpaired) electrons. The summed E-state index contributed by atoms with van der Waals surface area (Å²) in [6, 6.07) is -1.33. The molecule has 0 aromatic rings. The summed E-state index contributed by atoms with van der Waals surface area (Å²) in [6.07, 6.45) is 2.15. The standard InChI is InChI=1S/C18H33N2O4.Ac/c1-7-18(22,8-2)17(19)16-14(11-24-13(5)23-9-3)10-15(12(4)21)20(16)6;/h7,13-17,19,22H,1,8-11H2,2-6H3;/q-1;/t13?,14-,15+,16+,17+,18-;/m0./s1. The molecule has 6 atom stereocenters. The molecule has 0 aromatic carbocycles. The van der Waals surface area contributed by atoms with Crippen LogP contribution < -0.4 is 0 Å². The zero-order valence-corrected chi connectivity index (χ0v) is 20.9. The van der Waals surface area contributed by atoms with E-state index in [0.29, 0.717) is 26.1 Å². The molecule has 1 unspecified atom stereocenters. The summed E-state index contributed by atoms with van der Waals surface area (Å²) in [5.41, 5.74) is 7.34. The maximum absolute atomic E-state index is 11.9. The van der Waals surface area contributed by atoms with Gasteiger partial charge in [-0.15, -0.1) is 6.58 Å². The third-order valence-electron chi connectivity index (χ3n) is 5.19. The molecule has 0 amide bonds. The van der Waals surface area contributed by atoms with E-state index in [0.717, 1.165) is 0 Å². The molecule has 1 saturated heterocycles. The Morgan fingerprint density at radius 2 is 2.08 bits per heavy atom. The van der Waals surface area contributed by atoms with E-state index < -0.39 is 11.6 Å². The number of likely N-dealkylation sites (tertiary alicyclic amines) is 1. The first-order chi connectivity index (χ1) is 11.2. The van der Waals surface area contributed by atoms with Gasteiger partial charge in [0, 0.05) is 56.7 Å². The van der Waals surface area contributed by atoms with Crippen molar-refractivity contribution in [3.05, 3.63) is 18.4 Å². The number of hydrogen-bond acceptors (Lipinski definition) is 5. The van der Waals surface area contributed by atoms with Crippen LogP contribution in [0.2, 0.25) is 0 Å². The molecule has 1 aliphatic rings. The van der Waals surface area contributed by atoms with Gasteiger partial charge < -0.3 is 20.3 Å². The van der Waals surface area contributed by atoms with Crippen LogP contribution in [0.4, 0.5) is 0 Å². The van der Waals surface area contributed by atoms with Crippen molar-refractivity contribution < 1.29 is 63.4 Å². The minimum Gasteiger partial charge on any atom is -0.671 e. The predicted octanol–water partition coefficient (Wildman–Crippen LogP) is 2.41. The first-order valence-electron chi connectivity index (χ1n) is 8.74. The van der Waals surface area contributed by atoms with Gasteiger partial charge >= 0.3 is 0 Å². The van der Waals surface area contributed by atoms with Crippen LogP contribution in [0, 0.1) is 50.0 Å². The van der Waals surface area contributed by atoms with Gasteiger partial charge in [-0.3, -0.25) is 9.69 Å². The molecule has 0 aliphatic carbocycles. The van der Waals surface area contributed by atoms with Crippen molar-refractivity contribution in [2.75, 3.05) is 20.3 Å². The van der Waals surface area contributed by atoms with Gasteiger partial charge in [-0.1, -0.05) is 19.0 Å². The number of aliphatic hydroxyl groups is 1. The van der Waals surface area contributed by atoms with E-state index >= 15 is 0 Å². The summed E-state index contributed by atoms with van der Waals surface area (Å²) >= 11 is 0. The van der Waals surface area contributed by atoms with Gasteiger partial charge in [-0.25, -0.2) is 0 Å². The molecule has 143 valence electrons. The maximum atomic E-state index is 11.9. The largest absolute Gasteiger partial charge is 0.671 e. The quantitative estimate of drug-likeness (QED) is 0.324. The molecule has 0 saturated carbocycles. The number of Topliss-reactive ketones (excluding diaryl/α,β-unsaturated/α-hetero) is 1. The van der Waals surface area contributed by atoms with E-state index in [2.05, 4.69) is 6.58 Å². The Labute approximate surface area is 188 Å². The molecule has 1 rings (SSSR count). The van der Waals surface area contributed by atoms with Crippen molar-refractivity contribution in [1.82, 2.24) is 4.90 Å². The Morgan fingerprint density at radius 1 is 1.48 bits per heavy atom. The van der Waals surface area contributed by atoms with Gasteiger partial charge in [0.15, 0.2) is 6.29 Å². The average molecular weight is 568 g/mol. The fourth-order valence-corrected chi connectivity index (χ4v) is 3.59. The SMILES string of the molecule is C=C[C@](O)(CC)[C@H]([NH-])[C@H]1[C@H](COC(C)OCC)C[C@H](C(C)=O)N1C.[Ac]. The number of carbonyl (C=O) groups excluding carboxylic acids is 1. The number of rotatable bonds is 10. The molecule has 1 fully saturated rings. The van der Waals surface area contributed by atoms with E-state index in [4.69, 9.17) is 15.2 Å². The first-order valence-corrected chi connectivity index (χ1v) is 8.74. The molecule has 0 spiro atoms. The number of likely N-dealkylation sites (N-methyl/N-ethyl adjacent to an activating group) is 1. The van der Waals surface area contributed by atoms with Crippen LogP contribution in [0.3, 0.4) is 0 Å². The number of nitrogens with one attached hydrogen (secondary N) is 1. The maximum Gasteiger partial charge on any atom is 0.154 e. The van der Waals surface area contributed by atoms with Crippen molar-refractivity contribution in [3.8, 4) is 0 Å². The molecule has 25 heavy (non-hydrogen) atoms. The van der Waals surface area contributed by atoms with Crippen molar-refractivity contribution in [2.45, 2.75) is 70.6 Å². The zero-order valence-electron chi connectivity index (χ0n) is 16.2. The fourth-order valence-electron chi connectivity index (χ4n) is 3.59. The minimum absolute atomic E-state index is 0. The van der Waals surface area contributed by atoms with Gasteiger partial charge in [0.2, 0.25) is 0 Å². The minimum atomic E-state index is -1.28. The summed E-state index contributed by atoms with van der Waals surface area (Å²) in [4.78, 5) is 13.9. The third-order valence-corrected chi connectivity index (χ3v) is 5.19. The van der Waals surface area contributed by atoms with Crippen LogP contribution in [0.15, 0.2) is 12.7 Å². The molecule has 1 heterocycles. The van der Waals surface area contributed by atoms with E-state index in [1.54, 1.807) is 6.92 Å². The van der Waals surface area contributed by atoms with E-state index in [1.165, 1.54) is 6.08 Å². The van der Waals surface area contributed by atoms with Crippen molar-refractivity contribution in [1.29, 1.82) is 0 Å². The van der Waals surface area contributed by atoms with Crippen molar-refractivity contribution in [2.24, 2.45) is 5.92 Å². The van der Waals surface area contributed by atoms with Gasteiger partial charge in [-0.2, -0.15) is 0 Å². The molecule has 1 aliphatic heterocycles. The zero-order chi connectivity index (χ0) is 18.5. The fraction of sp³-hybridized carbons (Fsp3) is 0.833. The van der Waals surface area contributed by atoms with Crippen LogP contribution in [0.5, 0.6) is 0 Å². The Morgan fingerprint density at radius 3 is 2.52 bits per heavy atom. The summed E-state index contributed by atoms with van der Waals surface area (Å²) in [6.45, 7) is 11.8. The number of carbonyl (C=O) groups is 1. The van der Waals surface area contributed by atoms with Crippen LogP contribution in [0.25, 0.3) is 5.73 Å². The van der Waals surface area contributed by atoms with Gasteiger partial charge in [0.25, 0.3) is 0 Å². The molecule has 6 nitrogen and oxygen atoms in total. The second kappa shape index (κ2) is 11.5. The van der Waals surface area contributed by atoms with Gasteiger partial charge in [0.1, 0.15) is 5.78 Å². The first kappa shape index (κ1) is 25.7. The Kier molecular flexibility index (Phi) is 11.8. The van der Waals surface area contributed by atoms with Gasteiger partial charge in [-0.05, 0) is 46.6 Å². The molecule has 0 bridgehead atoms. The molecular weight excluding hydrogens is 535 g/mol. The van der Waals surface area contributed by atoms with Crippen LogP contribution in [-0.4, -0.2) is 66.1 Å². The molecule has 7 heteroatoms. The predicted molar refractivity (Wildman–Crippen MR) is 94.7 cm³/mol. The summed E-state index contributed by atoms with van der Waals surface area (Å²) in [7, 11) is 1.85. The van der Waals surface area contributed by atoms with Crippen LogP contribution in [0.1, 0.15) is 40.5 Å². The Balaban J connectivity index is 0.00000576. The van der Waals surface area contributed by atoms with E-state index in [1.807, 2.05) is 32.7 Å². The van der Waals surface area contributed by atoms with E-state index in [9.17, 15) is 9.90 Å². The van der Waals surface area contributed by atoms with Crippen molar-refractivity contribution >= 4 is 5.78 Å². The third kappa shape index (κ3) is 6.34. The number of ketones is 1. The molecule has 0 aromatic heterocycles. The smallest absolute Gasteiger partial charge is 0.154 e. The second-order valence-corrected chi connectivity index (χ2v) is 6.66. The van der Waals surface area contributed by atoms with E-state index in [-0.39, 0.29) is 74.1 Å². The number of nitrogens with zero attached hydrogens (tertiary/aromatic N) is 1. The summed E-state index contributed by atoms with van der Waals surface area (Å²) in [5.74, 6) is 0.0565. The monoisotopic (exact) mass is 568 g/mol. The topological polar surface area (TPSA) is 82.8 Å². The number of hydrogen-bond donors (Lipinski definition) is 1. The molecule has 2 N–H and O–H groups in total. The van der Waals surface area contributed by atoms with Crippen molar-refractivity contribution in [3.63, 3.8) is 0 Å². The van der Waals surface area contributed by atoms with Crippen LogP contribution in [-0.2, 0) is 14.3 Å².